The minimum atomic E-state index is 0.243. The highest BCUT2D eigenvalue weighted by atomic mass is 16.5. The fourth-order valence-electron chi connectivity index (χ4n) is 2.50. The van der Waals surface area contributed by atoms with E-state index in [2.05, 4.69) is 30.7 Å². The second-order valence-electron chi connectivity index (χ2n) is 6.16. The van der Waals surface area contributed by atoms with E-state index in [0.717, 1.165) is 37.5 Å². The molecule has 0 spiro atoms. The second-order valence-corrected chi connectivity index (χ2v) is 6.16. The largest absolute Gasteiger partial charge is 0.493 e. The van der Waals surface area contributed by atoms with E-state index in [1.807, 2.05) is 24.3 Å². The molecule has 1 aliphatic rings. The molecule has 0 aliphatic carbocycles. The maximum absolute atomic E-state index is 5.86. The molecule has 0 amide bonds. The summed E-state index contributed by atoms with van der Waals surface area (Å²) in [6, 6.07) is 7.97. The van der Waals surface area contributed by atoms with Crippen LogP contribution in [-0.4, -0.2) is 62.3 Å². The summed E-state index contributed by atoms with van der Waals surface area (Å²) in [5.74, 6) is 1.80. The van der Waals surface area contributed by atoms with Crippen molar-refractivity contribution >= 4 is 0 Å². The second kappa shape index (κ2) is 9.01. The van der Waals surface area contributed by atoms with E-state index in [0.29, 0.717) is 0 Å². The van der Waals surface area contributed by atoms with Crippen LogP contribution in [0.4, 0.5) is 0 Å². The number of hydrogen-bond acceptors (Lipinski definition) is 4. The summed E-state index contributed by atoms with van der Waals surface area (Å²) in [4.78, 5) is 4.90. The van der Waals surface area contributed by atoms with E-state index < -0.39 is 0 Å². The highest BCUT2D eigenvalue weighted by Gasteiger charge is 2.12. The number of nitrogens with zero attached hydrogens (tertiary/aromatic N) is 2. The summed E-state index contributed by atoms with van der Waals surface area (Å²) >= 11 is 0. The normalized spacial score (nSPS) is 18.1. The number of piperazine rings is 1. The van der Waals surface area contributed by atoms with Gasteiger partial charge in [0.2, 0.25) is 0 Å². The molecule has 124 valence electrons. The standard InChI is InChI=1S/C18H30N2O2/c1-4-16(2)22-18-8-5-7-17(15-18)21-14-6-9-20-12-10-19(3)11-13-20/h5,7-8,15-16H,4,6,9-14H2,1-3H3/t16-/m0/s1. The van der Waals surface area contributed by atoms with E-state index >= 15 is 0 Å². The van der Waals surface area contributed by atoms with E-state index in [9.17, 15) is 0 Å². The van der Waals surface area contributed by atoms with Gasteiger partial charge in [0.05, 0.1) is 12.7 Å². The monoisotopic (exact) mass is 306 g/mol. The number of hydrogen-bond donors (Lipinski definition) is 0. The molecule has 0 radical (unpaired) electrons. The Morgan fingerprint density at radius 2 is 1.86 bits per heavy atom. The quantitative estimate of drug-likeness (QED) is 0.690. The van der Waals surface area contributed by atoms with Gasteiger partial charge in [0.15, 0.2) is 0 Å². The summed E-state index contributed by atoms with van der Waals surface area (Å²) in [7, 11) is 2.19. The van der Waals surface area contributed by atoms with Crippen molar-refractivity contribution < 1.29 is 9.47 Å². The lowest BCUT2D eigenvalue weighted by Gasteiger charge is -2.32. The number of ether oxygens (including phenoxy) is 2. The Kier molecular flexibility index (Phi) is 7.00. The summed E-state index contributed by atoms with van der Waals surface area (Å²) in [6.45, 7) is 10.8. The van der Waals surface area contributed by atoms with Gasteiger partial charge in [0.1, 0.15) is 11.5 Å². The van der Waals surface area contributed by atoms with Gasteiger partial charge in [0.25, 0.3) is 0 Å². The molecule has 1 heterocycles. The van der Waals surface area contributed by atoms with Crippen LogP contribution in [0.1, 0.15) is 26.7 Å². The van der Waals surface area contributed by atoms with Crippen LogP contribution in [0, 0.1) is 0 Å². The predicted octanol–water partition coefficient (Wildman–Crippen LogP) is 2.88. The lowest BCUT2D eigenvalue weighted by atomic mass is 10.3. The van der Waals surface area contributed by atoms with Gasteiger partial charge in [-0.15, -0.1) is 0 Å². The van der Waals surface area contributed by atoms with Crippen molar-refractivity contribution in [3.63, 3.8) is 0 Å². The third-order valence-electron chi connectivity index (χ3n) is 4.20. The Bertz CT molecular complexity index is 431. The average molecular weight is 306 g/mol. The molecule has 0 unspecified atom stereocenters. The molecule has 1 fully saturated rings. The van der Waals surface area contributed by atoms with Crippen LogP contribution in [-0.2, 0) is 0 Å². The molecule has 1 aliphatic heterocycles. The van der Waals surface area contributed by atoms with Gasteiger partial charge in [-0.05, 0) is 38.9 Å². The Hall–Kier alpha value is -1.26. The van der Waals surface area contributed by atoms with Crippen molar-refractivity contribution in [1.29, 1.82) is 0 Å². The number of benzene rings is 1. The first-order valence-electron chi connectivity index (χ1n) is 8.48. The highest BCUT2D eigenvalue weighted by Crippen LogP contribution is 2.21. The van der Waals surface area contributed by atoms with Crippen LogP contribution in [0.3, 0.4) is 0 Å². The maximum atomic E-state index is 5.86. The van der Waals surface area contributed by atoms with Crippen LogP contribution in [0.5, 0.6) is 11.5 Å². The van der Waals surface area contributed by atoms with Crippen molar-refractivity contribution in [3.8, 4) is 11.5 Å². The molecule has 0 bridgehead atoms. The fourth-order valence-corrected chi connectivity index (χ4v) is 2.50. The maximum Gasteiger partial charge on any atom is 0.123 e. The summed E-state index contributed by atoms with van der Waals surface area (Å²) in [5.41, 5.74) is 0. The molecule has 1 aromatic rings. The molecule has 0 saturated carbocycles. The Morgan fingerprint density at radius 3 is 2.59 bits per heavy atom. The Balaban J connectivity index is 1.67. The molecule has 0 N–H and O–H groups in total. The van der Waals surface area contributed by atoms with Gasteiger partial charge in [-0.2, -0.15) is 0 Å². The Labute approximate surface area is 135 Å². The molecular formula is C18H30N2O2. The summed E-state index contributed by atoms with van der Waals surface area (Å²) < 4.78 is 11.7. The first-order valence-corrected chi connectivity index (χ1v) is 8.48. The van der Waals surface area contributed by atoms with E-state index in [1.165, 1.54) is 26.2 Å². The molecule has 4 heteroatoms. The van der Waals surface area contributed by atoms with Crippen LogP contribution in [0.15, 0.2) is 24.3 Å². The van der Waals surface area contributed by atoms with Crippen molar-refractivity contribution in [1.82, 2.24) is 9.80 Å². The first kappa shape index (κ1) is 17.1. The zero-order valence-corrected chi connectivity index (χ0v) is 14.3. The minimum absolute atomic E-state index is 0.243. The van der Waals surface area contributed by atoms with Crippen molar-refractivity contribution in [2.24, 2.45) is 0 Å². The average Bonchev–Trinajstić information content (AvgIpc) is 2.53. The van der Waals surface area contributed by atoms with Crippen molar-refractivity contribution in [3.05, 3.63) is 24.3 Å². The fraction of sp³-hybridized carbons (Fsp3) is 0.667. The molecule has 4 nitrogen and oxygen atoms in total. The molecule has 22 heavy (non-hydrogen) atoms. The van der Waals surface area contributed by atoms with E-state index in [4.69, 9.17) is 9.47 Å². The molecular weight excluding hydrogens is 276 g/mol. The third kappa shape index (κ3) is 5.85. The lowest BCUT2D eigenvalue weighted by Crippen LogP contribution is -2.44. The lowest BCUT2D eigenvalue weighted by molar-refractivity contribution is 0.145. The molecule has 1 atom stereocenters. The molecule has 1 saturated heterocycles. The van der Waals surface area contributed by atoms with Crippen LogP contribution in [0.25, 0.3) is 0 Å². The molecule has 2 rings (SSSR count). The topological polar surface area (TPSA) is 24.9 Å². The minimum Gasteiger partial charge on any atom is -0.493 e. The first-order chi connectivity index (χ1) is 10.7. The van der Waals surface area contributed by atoms with Crippen LogP contribution < -0.4 is 9.47 Å². The number of rotatable bonds is 8. The van der Waals surface area contributed by atoms with E-state index in [1.54, 1.807) is 0 Å². The summed E-state index contributed by atoms with van der Waals surface area (Å²) in [5, 5.41) is 0. The Morgan fingerprint density at radius 1 is 1.14 bits per heavy atom. The summed E-state index contributed by atoms with van der Waals surface area (Å²) in [6.07, 6.45) is 2.32. The molecule has 1 aromatic carbocycles. The molecule has 0 aromatic heterocycles. The van der Waals surface area contributed by atoms with Gasteiger partial charge in [-0.1, -0.05) is 13.0 Å². The van der Waals surface area contributed by atoms with Crippen LogP contribution >= 0.6 is 0 Å². The third-order valence-corrected chi connectivity index (χ3v) is 4.20. The van der Waals surface area contributed by atoms with Gasteiger partial charge < -0.3 is 19.3 Å². The van der Waals surface area contributed by atoms with Gasteiger partial charge in [-0.3, -0.25) is 0 Å². The SMILES string of the molecule is CC[C@H](C)Oc1cccc(OCCCN2CCN(C)CC2)c1. The zero-order valence-electron chi connectivity index (χ0n) is 14.3. The van der Waals surface area contributed by atoms with Crippen LogP contribution in [0.2, 0.25) is 0 Å². The van der Waals surface area contributed by atoms with Crippen molar-refractivity contribution in [2.45, 2.75) is 32.8 Å². The zero-order chi connectivity index (χ0) is 15.8. The van der Waals surface area contributed by atoms with Crippen molar-refractivity contribution in [2.75, 3.05) is 46.4 Å². The van der Waals surface area contributed by atoms with Gasteiger partial charge >= 0.3 is 0 Å². The van der Waals surface area contributed by atoms with Gasteiger partial charge in [0, 0.05) is 38.8 Å². The van der Waals surface area contributed by atoms with E-state index in [-0.39, 0.29) is 6.10 Å². The highest BCUT2D eigenvalue weighted by molar-refractivity contribution is 5.33. The van der Waals surface area contributed by atoms with Gasteiger partial charge in [-0.25, -0.2) is 0 Å². The smallest absolute Gasteiger partial charge is 0.123 e. The number of likely N-dealkylation sites (N-methyl/N-ethyl adjacent to an activating group) is 1. The predicted molar refractivity (Wildman–Crippen MR) is 90.9 cm³/mol.